The first-order chi connectivity index (χ1) is 27.8. The molecule has 4 aliphatic rings. The van der Waals surface area contributed by atoms with E-state index in [1.165, 1.54) is 54.9 Å². The van der Waals surface area contributed by atoms with E-state index >= 15 is 4.79 Å². The molecule has 2 aromatic carbocycles. The van der Waals surface area contributed by atoms with E-state index in [0.29, 0.717) is 37.0 Å². The number of phenolic OH excluding ortho intramolecular Hbond substituents is 1. The summed E-state index contributed by atoms with van der Waals surface area (Å²) in [7, 11) is 4.31. The minimum Gasteiger partial charge on any atom is -0.508 e. The third-order valence-electron chi connectivity index (χ3n) is 12.2. The van der Waals surface area contributed by atoms with Crippen molar-refractivity contribution in [2.24, 2.45) is 28.9 Å². The number of nitrogens with zero attached hydrogens (tertiary/aromatic N) is 2. The van der Waals surface area contributed by atoms with Gasteiger partial charge in [0.05, 0.1) is 31.0 Å². The first-order valence-electron chi connectivity index (χ1n) is 20.3. The average Bonchev–Trinajstić information content (AvgIpc) is 3.18. The summed E-state index contributed by atoms with van der Waals surface area (Å²) in [4.78, 5) is 86.3. The topological polar surface area (TPSA) is 198 Å². The molecule has 0 saturated heterocycles. The second-order valence-corrected chi connectivity index (χ2v) is 18.7. The number of Topliss-reactive ketones (excluding diaryl/α,β-unsaturated/α-hetero) is 1. The molecule has 6 rings (SSSR count). The van der Waals surface area contributed by atoms with E-state index in [0.717, 1.165) is 12.0 Å². The largest absolute Gasteiger partial charge is 0.508 e. The van der Waals surface area contributed by atoms with Gasteiger partial charge < -0.3 is 35.8 Å². The van der Waals surface area contributed by atoms with Gasteiger partial charge in [-0.05, 0) is 113 Å². The Labute approximate surface area is 363 Å². The summed E-state index contributed by atoms with van der Waals surface area (Å²) in [5.41, 5.74) is 5.78. The van der Waals surface area contributed by atoms with Crippen molar-refractivity contribution in [3.8, 4) is 5.75 Å². The van der Waals surface area contributed by atoms with E-state index in [2.05, 4.69) is 10.6 Å². The standard InChI is InChI=1S/C44H61N5O9S.ClH/c1-42(2,3)58-41(56)49(5)34(21-28-13-15-31(50)16-14-28)39(54)47-32(17-18-59-7)38(53)46-26-35(51)48(4)33(20-27-11-9-8-10-12-27)36(52)37-43(40(55)57-6)22-29-19-30(23-43)25-44(37,45)24-29;/h8-16,29-30,32-34,37,50H,17-26,45H2,1-7H3,(H,46,53)(H,47,54);1H/t29?,30?,32-,33+,34+,37?,43?,44?;/m1./s1. The summed E-state index contributed by atoms with van der Waals surface area (Å²) >= 11 is 1.47. The zero-order valence-corrected chi connectivity index (χ0v) is 37.4. The Morgan fingerprint density at radius 2 is 1.47 bits per heavy atom. The van der Waals surface area contributed by atoms with Crippen LogP contribution in [0.3, 0.4) is 0 Å². The number of methoxy groups -OCH3 is 1. The molecule has 4 aliphatic carbocycles. The molecule has 0 spiro atoms. The molecule has 6 atom stereocenters. The maximum atomic E-state index is 15.0. The highest BCUT2D eigenvalue weighted by atomic mass is 35.5. The maximum Gasteiger partial charge on any atom is 0.410 e. The summed E-state index contributed by atoms with van der Waals surface area (Å²) in [6.45, 7) is 4.67. The number of carbonyl (C=O) groups excluding carboxylic acids is 6. The maximum absolute atomic E-state index is 15.0. The number of rotatable bonds is 17. The lowest BCUT2D eigenvalue weighted by Gasteiger charge is -2.63. The van der Waals surface area contributed by atoms with E-state index in [1.54, 1.807) is 32.9 Å². The van der Waals surface area contributed by atoms with Gasteiger partial charge in [-0.1, -0.05) is 42.5 Å². The number of nitrogens with two attached hydrogens (primary N) is 1. The number of ether oxygens (including phenoxy) is 2. The van der Waals surface area contributed by atoms with Crippen LogP contribution < -0.4 is 16.4 Å². The number of likely N-dealkylation sites (N-methyl/N-ethyl adjacent to an activating group) is 2. The number of carbonyl (C=O) groups is 6. The van der Waals surface area contributed by atoms with Crippen molar-refractivity contribution in [1.82, 2.24) is 20.4 Å². The van der Waals surface area contributed by atoms with Crippen molar-refractivity contribution in [2.75, 3.05) is 39.8 Å². The lowest BCUT2D eigenvalue weighted by Crippen LogP contribution is -2.72. The fraction of sp³-hybridized carbons (Fsp3) is 0.591. The van der Waals surface area contributed by atoms with Crippen LogP contribution in [0.25, 0.3) is 0 Å². The molecular weight excluding hydrogens is 810 g/mol. The normalized spacial score (nSPS) is 24.2. The minimum atomic E-state index is -1.10. The highest BCUT2D eigenvalue weighted by Crippen LogP contribution is 2.64. The summed E-state index contributed by atoms with van der Waals surface area (Å²) < 4.78 is 10.9. The number of ketones is 1. The van der Waals surface area contributed by atoms with Gasteiger partial charge in [0.15, 0.2) is 5.78 Å². The molecule has 3 unspecified atom stereocenters. The van der Waals surface area contributed by atoms with Crippen LogP contribution in [-0.4, -0.2) is 119 Å². The summed E-state index contributed by atoms with van der Waals surface area (Å²) in [5.74, 6) is -2.37. The van der Waals surface area contributed by atoms with Gasteiger partial charge in [0.2, 0.25) is 17.7 Å². The van der Waals surface area contributed by atoms with Crippen molar-refractivity contribution in [2.45, 2.75) is 101 Å². The quantitative estimate of drug-likeness (QED) is 0.166. The molecule has 0 radical (unpaired) electrons. The number of hydrogen-bond donors (Lipinski definition) is 4. The van der Waals surface area contributed by atoms with Crippen LogP contribution in [0.4, 0.5) is 4.79 Å². The van der Waals surface area contributed by atoms with E-state index in [-0.39, 0.29) is 55.0 Å². The zero-order chi connectivity index (χ0) is 43.3. The molecule has 4 saturated carbocycles. The lowest BCUT2D eigenvalue weighted by atomic mass is 9.41. The van der Waals surface area contributed by atoms with E-state index in [1.807, 2.05) is 36.6 Å². The second-order valence-electron chi connectivity index (χ2n) is 17.7. The van der Waals surface area contributed by atoms with Gasteiger partial charge >= 0.3 is 12.1 Å². The molecule has 0 aromatic heterocycles. The lowest BCUT2D eigenvalue weighted by molar-refractivity contribution is -0.189. The Kier molecular flexibility index (Phi) is 16.1. The number of nitrogens with one attached hydrogen (secondary N) is 2. The molecule has 4 amide bonds. The number of amides is 4. The van der Waals surface area contributed by atoms with E-state index < -0.39 is 76.9 Å². The molecule has 0 heterocycles. The molecule has 5 N–H and O–H groups in total. The van der Waals surface area contributed by atoms with Gasteiger partial charge in [-0.15, -0.1) is 12.4 Å². The Hall–Kier alpha value is -4.34. The smallest absolute Gasteiger partial charge is 0.410 e. The van der Waals surface area contributed by atoms with Gasteiger partial charge in [-0.25, -0.2) is 4.79 Å². The SMILES string of the molecule is COC(=O)C12CC3CC(CC(N)(C3)C1C(=O)[C@H](Cc1ccccc1)N(C)C(=O)CNC(=O)[C@@H](CCSC)NC(=O)[C@H](Cc1ccc(O)cc1)N(C)C(=O)OC(C)(C)C)C2.Cl. The average molecular weight is 873 g/mol. The van der Waals surface area contributed by atoms with Crippen LogP contribution in [0.1, 0.15) is 70.4 Å². The molecule has 0 aliphatic heterocycles. The fourth-order valence-electron chi connectivity index (χ4n) is 9.82. The van der Waals surface area contributed by atoms with Gasteiger partial charge in [-0.3, -0.25) is 28.9 Å². The third kappa shape index (κ3) is 11.1. The zero-order valence-electron chi connectivity index (χ0n) is 35.7. The molecule has 4 fully saturated rings. The first-order valence-corrected chi connectivity index (χ1v) is 21.7. The molecule has 60 heavy (non-hydrogen) atoms. The molecule has 16 heteroatoms. The fourth-order valence-corrected chi connectivity index (χ4v) is 10.3. The number of benzene rings is 2. The van der Waals surface area contributed by atoms with Crippen molar-refractivity contribution < 1.29 is 43.3 Å². The van der Waals surface area contributed by atoms with Crippen LogP contribution in [0, 0.1) is 23.2 Å². The van der Waals surface area contributed by atoms with Gasteiger partial charge in [0.1, 0.15) is 23.4 Å². The van der Waals surface area contributed by atoms with Crippen LogP contribution in [0.5, 0.6) is 5.75 Å². The minimum absolute atomic E-state index is 0. The van der Waals surface area contributed by atoms with Gasteiger partial charge in [-0.2, -0.15) is 11.8 Å². The summed E-state index contributed by atoms with van der Waals surface area (Å²) in [5, 5.41) is 15.3. The Morgan fingerprint density at radius 3 is 2.03 bits per heavy atom. The molecule has 330 valence electrons. The first kappa shape index (κ1) is 48.3. The third-order valence-corrected chi connectivity index (χ3v) is 12.9. The monoisotopic (exact) mass is 871 g/mol. The summed E-state index contributed by atoms with van der Waals surface area (Å²) in [6, 6.07) is 12.4. The van der Waals surface area contributed by atoms with E-state index in [4.69, 9.17) is 15.2 Å². The summed E-state index contributed by atoms with van der Waals surface area (Å²) in [6.07, 6.45) is 4.83. The highest BCUT2D eigenvalue weighted by molar-refractivity contribution is 7.98. The number of aromatic hydroxyl groups is 1. The Balaban J connectivity index is 0.00000794. The van der Waals surface area contributed by atoms with Crippen LogP contribution in [0.2, 0.25) is 0 Å². The van der Waals surface area contributed by atoms with Crippen molar-refractivity contribution in [3.63, 3.8) is 0 Å². The number of phenols is 1. The van der Waals surface area contributed by atoms with Crippen LogP contribution in [0.15, 0.2) is 54.6 Å². The highest BCUT2D eigenvalue weighted by Gasteiger charge is 2.68. The van der Waals surface area contributed by atoms with Crippen molar-refractivity contribution in [1.29, 1.82) is 0 Å². The predicted molar refractivity (Wildman–Crippen MR) is 231 cm³/mol. The Morgan fingerprint density at radius 1 is 0.883 bits per heavy atom. The number of hydrogen-bond acceptors (Lipinski definition) is 11. The molecule has 2 aromatic rings. The predicted octanol–water partition coefficient (Wildman–Crippen LogP) is 4.28. The van der Waals surface area contributed by atoms with Crippen molar-refractivity contribution in [3.05, 3.63) is 65.7 Å². The molecular formula is C44H62ClN5O9S. The number of thioether (sulfide) groups is 1. The van der Waals surface area contributed by atoms with Crippen LogP contribution >= 0.6 is 24.2 Å². The van der Waals surface area contributed by atoms with Gasteiger partial charge in [0, 0.05) is 26.1 Å². The van der Waals surface area contributed by atoms with Crippen molar-refractivity contribution >= 4 is 59.7 Å². The Bertz CT molecular complexity index is 1850. The second kappa shape index (κ2) is 20.0. The van der Waals surface area contributed by atoms with Crippen LogP contribution in [-0.2, 0) is 46.3 Å². The van der Waals surface area contributed by atoms with E-state index in [9.17, 15) is 29.1 Å². The van der Waals surface area contributed by atoms with Gasteiger partial charge in [0.25, 0.3) is 0 Å². The molecule has 14 nitrogen and oxygen atoms in total. The molecule has 4 bridgehead atoms. The number of esters is 1. The number of halogens is 1.